The van der Waals surface area contributed by atoms with Gasteiger partial charge >= 0.3 is 0 Å². The van der Waals surface area contributed by atoms with E-state index in [2.05, 4.69) is 10.3 Å². The highest BCUT2D eigenvalue weighted by Gasteiger charge is 2.27. The lowest BCUT2D eigenvalue weighted by Gasteiger charge is -2.13. The topological polar surface area (TPSA) is 34.1 Å². The highest BCUT2D eigenvalue weighted by Crippen LogP contribution is 2.14. The van der Waals surface area contributed by atoms with Crippen LogP contribution in [0.25, 0.3) is 0 Å². The summed E-state index contributed by atoms with van der Waals surface area (Å²) in [5.74, 6) is 0.0552. The van der Waals surface area contributed by atoms with Crippen LogP contribution in [0.1, 0.15) is 0 Å². The summed E-state index contributed by atoms with van der Waals surface area (Å²) in [6.07, 6.45) is 0.0626. The molecule has 1 N–H and O–H groups in total. The summed E-state index contributed by atoms with van der Waals surface area (Å²) in [5.41, 5.74) is 0. The molecule has 3 nitrogen and oxygen atoms in total. The fraction of sp³-hybridized carbons (Fsp3) is 0.444. The Balaban J connectivity index is 2.00. The standard InChI is InChI=1S/C9H10F2N2O/c10-6-1-2-9(12-3-6)13-8-5-14-4-7(8)11/h1-3,7-8H,4-5H2,(H,12,13). The van der Waals surface area contributed by atoms with Gasteiger partial charge in [0.05, 0.1) is 25.5 Å². The van der Waals surface area contributed by atoms with Crippen LogP contribution in [0, 0.1) is 5.82 Å². The molecule has 2 rings (SSSR count). The van der Waals surface area contributed by atoms with Crippen molar-refractivity contribution in [3.05, 3.63) is 24.1 Å². The number of alkyl halides is 1. The Hall–Kier alpha value is -1.23. The molecule has 0 aliphatic carbocycles. The van der Waals surface area contributed by atoms with Gasteiger partial charge in [-0.05, 0) is 12.1 Å². The first-order valence-corrected chi connectivity index (χ1v) is 4.35. The molecule has 2 atom stereocenters. The Morgan fingerprint density at radius 1 is 1.43 bits per heavy atom. The van der Waals surface area contributed by atoms with E-state index in [-0.39, 0.29) is 12.6 Å². The molecular formula is C9H10F2N2O. The van der Waals surface area contributed by atoms with Gasteiger partial charge in [-0.1, -0.05) is 0 Å². The SMILES string of the molecule is Fc1ccc(NC2COCC2F)nc1. The lowest BCUT2D eigenvalue weighted by molar-refractivity contribution is 0.173. The van der Waals surface area contributed by atoms with E-state index in [4.69, 9.17) is 4.74 Å². The Labute approximate surface area is 80.1 Å². The van der Waals surface area contributed by atoms with E-state index in [0.29, 0.717) is 12.4 Å². The van der Waals surface area contributed by atoms with Gasteiger partial charge in [0.25, 0.3) is 0 Å². The van der Waals surface area contributed by atoms with Crippen molar-refractivity contribution in [1.82, 2.24) is 4.98 Å². The Morgan fingerprint density at radius 3 is 2.86 bits per heavy atom. The number of pyridine rings is 1. The molecule has 2 heterocycles. The lowest BCUT2D eigenvalue weighted by Crippen LogP contribution is -2.29. The van der Waals surface area contributed by atoms with E-state index in [9.17, 15) is 8.78 Å². The number of nitrogens with one attached hydrogen (secondary N) is 1. The van der Waals surface area contributed by atoms with Crippen LogP contribution in [-0.2, 0) is 4.74 Å². The number of nitrogens with zero attached hydrogens (tertiary/aromatic N) is 1. The van der Waals surface area contributed by atoms with E-state index in [0.717, 1.165) is 6.20 Å². The third kappa shape index (κ3) is 1.98. The lowest BCUT2D eigenvalue weighted by atomic mass is 10.2. The average molecular weight is 200 g/mol. The van der Waals surface area contributed by atoms with Crippen molar-refractivity contribution in [1.29, 1.82) is 0 Å². The highest BCUT2D eigenvalue weighted by atomic mass is 19.1. The second kappa shape index (κ2) is 3.88. The fourth-order valence-corrected chi connectivity index (χ4v) is 1.31. The zero-order valence-electron chi connectivity index (χ0n) is 7.41. The quantitative estimate of drug-likeness (QED) is 0.782. The fourth-order valence-electron chi connectivity index (χ4n) is 1.31. The number of hydrogen-bond donors (Lipinski definition) is 1. The number of aromatic nitrogens is 1. The molecule has 1 saturated heterocycles. The summed E-state index contributed by atoms with van der Waals surface area (Å²) in [7, 11) is 0. The van der Waals surface area contributed by atoms with Gasteiger partial charge in [0, 0.05) is 0 Å². The summed E-state index contributed by atoms with van der Waals surface area (Å²) in [6.45, 7) is 0.430. The van der Waals surface area contributed by atoms with Gasteiger partial charge in [-0.3, -0.25) is 0 Å². The molecule has 0 radical (unpaired) electrons. The molecule has 0 aromatic carbocycles. The van der Waals surface area contributed by atoms with Crippen LogP contribution in [0.3, 0.4) is 0 Å². The van der Waals surface area contributed by atoms with Gasteiger partial charge in [0.15, 0.2) is 0 Å². The van der Waals surface area contributed by atoms with Gasteiger partial charge < -0.3 is 10.1 Å². The van der Waals surface area contributed by atoms with Crippen molar-refractivity contribution in [2.45, 2.75) is 12.2 Å². The Kier molecular flexibility index (Phi) is 2.58. The number of rotatable bonds is 2. The zero-order chi connectivity index (χ0) is 9.97. The van der Waals surface area contributed by atoms with Crippen LogP contribution >= 0.6 is 0 Å². The number of halogens is 2. The minimum absolute atomic E-state index is 0.110. The molecule has 1 aromatic heterocycles. The maximum atomic E-state index is 13.1. The van der Waals surface area contributed by atoms with Gasteiger partial charge in [0.2, 0.25) is 0 Å². The summed E-state index contributed by atoms with van der Waals surface area (Å²) in [6, 6.07) is 2.37. The van der Waals surface area contributed by atoms with Crippen molar-refractivity contribution < 1.29 is 13.5 Å². The molecule has 1 fully saturated rings. The molecule has 0 bridgehead atoms. The van der Waals surface area contributed by atoms with Crippen LogP contribution < -0.4 is 5.32 Å². The van der Waals surface area contributed by atoms with Crippen molar-refractivity contribution in [2.75, 3.05) is 18.5 Å². The molecule has 1 aliphatic heterocycles. The maximum absolute atomic E-state index is 13.1. The van der Waals surface area contributed by atoms with Crippen molar-refractivity contribution >= 4 is 5.82 Å². The smallest absolute Gasteiger partial charge is 0.146 e. The van der Waals surface area contributed by atoms with E-state index >= 15 is 0 Å². The normalized spacial score (nSPS) is 26.4. The minimum atomic E-state index is -1.03. The van der Waals surface area contributed by atoms with Crippen molar-refractivity contribution in [3.8, 4) is 0 Å². The first-order chi connectivity index (χ1) is 6.75. The Morgan fingerprint density at radius 2 is 2.29 bits per heavy atom. The molecule has 76 valence electrons. The van der Waals surface area contributed by atoms with Gasteiger partial charge in [-0.2, -0.15) is 0 Å². The summed E-state index contributed by atoms with van der Waals surface area (Å²) < 4.78 is 30.5. The molecule has 0 spiro atoms. The predicted molar refractivity (Wildman–Crippen MR) is 47.3 cm³/mol. The van der Waals surface area contributed by atoms with Crippen molar-refractivity contribution in [3.63, 3.8) is 0 Å². The number of hydrogen-bond acceptors (Lipinski definition) is 3. The molecule has 2 unspecified atom stereocenters. The second-order valence-corrected chi connectivity index (χ2v) is 3.17. The molecule has 14 heavy (non-hydrogen) atoms. The average Bonchev–Trinajstić information content (AvgIpc) is 2.56. The van der Waals surface area contributed by atoms with E-state index in [1.54, 1.807) is 0 Å². The molecular weight excluding hydrogens is 190 g/mol. The summed E-state index contributed by atoms with van der Waals surface area (Å²) in [5, 5.41) is 2.84. The summed E-state index contributed by atoms with van der Waals surface area (Å²) in [4.78, 5) is 3.77. The third-order valence-corrected chi connectivity index (χ3v) is 2.07. The van der Waals surface area contributed by atoms with Crippen LogP contribution in [0.4, 0.5) is 14.6 Å². The molecule has 1 aliphatic rings. The highest BCUT2D eigenvalue weighted by molar-refractivity contribution is 5.35. The predicted octanol–water partition coefficient (Wildman–Crippen LogP) is 1.37. The van der Waals surface area contributed by atoms with Crippen molar-refractivity contribution in [2.24, 2.45) is 0 Å². The van der Waals surface area contributed by atoms with Gasteiger partial charge in [-0.15, -0.1) is 0 Å². The van der Waals surface area contributed by atoms with Crippen LogP contribution in [0.2, 0.25) is 0 Å². The van der Waals surface area contributed by atoms with Crippen LogP contribution in [-0.4, -0.2) is 30.4 Å². The molecule has 5 heteroatoms. The molecule has 0 amide bonds. The molecule has 1 aromatic rings. The largest absolute Gasteiger partial charge is 0.376 e. The Bertz CT molecular complexity index is 304. The zero-order valence-corrected chi connectivity index (χ0v) is 7.41. The van der Waals surface area contributed by atoms with E-state index in [1.165, 1.54) is 12.1 Å². The van der Waals surface area contributed by atoms with Crippen LogP contribution in [0.15, 0.2) is 18.3 Å². The first kappa shape index (κ1) is 9.33. The first-order valence-electron chi connectivity index (χ1n) is 4.35. The minimum Gasteiger partial charge on any atom is -0.376 e. The van der Waals surface area contributed by atoms with E-state index < -0.39 is 12.0 Å². The maximum Gasteiger partial charge on any atom is 0.146 e. The third-order valence-electron chi connectivity index (χ3n) is 2.07. The van der Waals surface area contributed by atoms with Gasteiger partial charge in [0.1, 0.15) is 17.8 Å². The second-order valence-electron chi connectivity index (χ2n) is 3.17. The summed E-state index contributed by atoms with van der Waals surface area (Å²) >= 11 is 0. The monoisotopic (exact) mass is 200 g/mol. The number of ether oxygens (including phenoxy) is 1. The van der Waals surface area contributed by atoms with Gasteiger partial charge in [-0.25, -0.2) is 13.8 Å². The number of anilines is 1. The van der Waals surface area contributed by atoms with E-state index in [1.807, 2.05) is 0 Å². The van der Waals surface area contributed by atoms with Crippen LogP contribution in [0.5, 0.6) is 0 Å². The molecule has 0 saturated carbocycles.